The lowest BCUT2D eigenvalue weighted by molar-refractivity contribution is -0.139. The van der Waals surface area contributed by atoms with Gasteiger partial charge in [-0.2, -0.15) is 0 Å². The minimum Gasteiger partial charge on any atom is -0.462 e. The van der Waals surface area contributed by atoms with E-state index in [0.29, 0.717) is 34.2 Å². The smallest absolute Gasteiger partial charge is 0.336 e. The van der Waals surface area contributed by atoms with Crippen molar-refractivity contribution in [2.45, 2.75) is 51.9 Å². The van der Waals surface area contributed by atoms with E-state index in [0.717, 1.165) is 42.6 Å². The molecule has 6 heteroatoms. The van der Waals surface area contributed by atoms with E-state index in [1.165, 1.54) is 0 Å². The van der Waals surface area contributed by atoms with Crippen LogP contribution in [0.15, 0.2) is 40.7 Å². The number of ether oxygens (including phenoxy) is 1. The Hall–Kier alpha value is -1.78. The molecule has 1 aliphatic heterocycles. The van der Waals surface area contributed by atoms with Gasteiger partial charge in [-0.25, -0.2) is 4.79 Å². The average Bonchev–Trinajstić information content (AvgIpc) is 2.63. The number of dihydropyridines is 1. The van der Waals surface area contributed by atoms with Gasteiger partial charge < -0.3 is 10.1 Å². The van der Waals surface area contributed by atoms with Gasteiger partial charge in [0, 0.05) is 29.3 Å². The first kappa shape index (κ1) is 20.0. The van der Waals surface area contributed by atoms with E-state index in [-0.39, 0.29) is 5.78 Å². The Balaban J connectivity index is 2.08. The van der Waals surface area contributed by atoms with E-state index in [2.05, 4.69) is 5.32 Å². The molecule has 1 N–H and O–H groups in total. The fraction of sp³-hybridized carbons (Fsp3) is 0.429. The molecule has 1 aliphatic carbocycles. The van der Waals surface area contributed by atoms with Crippen LogP contribution in [0.4, 0.5) is 0 Å². The van der Waals surface area contributed by atoms with Crippen LogP contribution < -0.4 is 5.32 Å². The summed E-state index contributed by atoms with van der Waals surface area (Å²) < 4.78 is 5.48. The number of esters is 1. The molecule has 27 heavy (non-hydrogen) atoms. The summed E-state index contributed by atoms with van der Waals surface area (Å²) in [5, 5.41) is 4.11. The number of carbonyl (C=O) groups is 2. The van der Waals surface area contributed by atoms with Crippen LogP contribution in [0, 0.1) is 0 Å². The molecule has 1 heterocycles. The number of hydrogen-bond donors (Lipinski definition) is 1. The molecule has 144 valence electrons. The standard InChI is InChI=1S/C21H23Cl2NO3/c1-3-4-10-27-21(26)18-12(2)24-16-6-5-7-17(25)20(16)19(18)13-8-9-14(22)15(23)11-13/h8-9,11,19,24H,3-7,10H2,1-2H3/t19-/m0/s1. The van der Waals surface area contributed by atoms with E-state index in [1.807, 2.05) is 19.9 Å². The maximum absolute atomic E-state index is 12.9. The first-order valence-corrected chi connectivity index (χ1v) is 10.1. The molecule has 0 spiro atoms. The van der Waals surface area contributed by atoms with Crippen LogP contribution in [0.1, 0.15) is 57.4 Å². The van der Waals surface area contributed by atoms with Crippen LogP contribution >= 0.6 is 23.2 Å². The number of carbonyl (C=O) groups excluding carboxylic acids is 2. The Morgan fingerprint density at radius 2 is 2.04 bits per heavy atom. The molecule has 3 rings (SSSR count). The maximum Gasteiger partial charge on any atom is 0.336 e. The van der Waals surface area contributed by atoms with E-state index in [4.69, 9.17) is 27.9 Å². The lowest BCUT2D eigenvalue weighted by atomic mass is 9.75. The lowest BCUT2D eigenvalue weighted by Crippen LogP contribution is -2.34. The molecular formula is C21H23Cl2NO3. The predicted octanol–water partition coefficient (Wildman–Crippen LogP) is 5.30. The summed E-state index contributed by atoms with van der Waals surface area (Å²) in [7, 11) is 0. The van der Waals surface area contributed by atoms with Crippen LogP contribution in [0.3, 0.4) is 0 Å². The van der Waals surface area contributed by atoms with Crippen molar-refractivity contribution in [3.8, 4) is 0 Å². The Kier molecular flexibility index (Phi) is 6.28. The molecule has 0 bridgehead atoms. The molecule has 0 fully saturated rings. The van der Waals surface area contributed by atoms with Gasteiger partial charge in [0.15, 0.2) is 5.78 Å². The van der Waals surface area contributed by atoms with E-state index in [1.54, 1.807) is 12.1 Å². The highest BCUT2D eigenvalue weighted by atomic mass is 35.5. The van der Waals surface area contributed by atoms with Gasteiger partial charge in [0.2, 0.25) is 0 Å². The first-order valence-electron chi connectivity index (χ1n) is 9.30. The minimum absolute atomic E-state index is 0.0613. The number of allylic oxidation sites excluding steroid dienone is 3. The van der Waals surface area contributed by atoms with Crippen molar-refractivity contribution in [2.75, 3.05) is 6.61 Å². The molecule has 1 aromatic carbocycles. The van der Waals surface area contributed by atoms with Gasteiger partial charge >= 0.3 is 5.97 Å². The zero-order chi connectivity index (χ0) is 19.6. The molecule has 0 amide bonds. The summed E-state index contributed by atoms with van der Waals surface area (Å²) in [6.45, 7) is 4.25. The third kappa shape index (κ3) is 4.07. The van der Waals surface area contributed by atoms with E-state index < -0.39 is 11.9 Å². The number of halogens is 2. The molecule has 0 saturated carbocycles. The maximum atomic E-state index is 12.9. The summed E-state index contributed by atoms with van der Waals surface area (Å²) >= 11 is 12.3. The van der Waals surface area contributed by atoms with Gasteiger partial charge in [-0.1, -0.05) is 42.6 Å². The summed E-state index contributed by atoms with van der Waals surface area (Å²) in [4.78, 5) is 25.7. The average molecular weight is 408 g/mol. The van der Waals surface area contributed by atoms with Crippen molar-refractivity contribution >= 4 is 35.0 Å². The van der Waals surface area contributed by atoms with Crippen molar-refractivity contribution in [1.29, 1.82) is 0 Å². The van der Waals surface area contributed by atoms with Gasteiger partial charge in [-0.15, -0.1) is 0 Å². The molecular weight excluding hydrogens is 385 g/mol. The quantitative estimate of drug-likeness (QED) is 0.530. The van der Waals surface area contributed by atoms with Crippen LogP contribution in [0.5, 0.6) is 0 Å². The molecule has 4 nitrogen and oxygen atoms in total. The summed E-state index contributed by atoms with van der Waals surface area (Å²) in [5.74, 6) is -0.821. The summed E-state index contributed by atoms with van der Waals surface area (Å²) in [5.41, 5.74) is 3.51. The Labute approximate surface area is 169 Å². The normalized spacial score (nSPS) is 19.7. The number of rotatable bonds is 5. The van der Waals surface area contributed by atoms with Crippen molar-refractivity contribution in [1.82, 2.24) is 5.32 Å². The second kappa shape index (κ2) is 8.49. The number of unbranched alkanes of at least 4 members (excludes halogenated alkanes) is 1. The molecule has 0 aromatic heterocycles. The first-order chi connectivity index (χ1) is 12.9. The second-order valence-corrected chi connectivity index (χ2v) is 7.74. The monoisotopic (exact) mass is 407 g/mol. The highest BCUT2D eigenvalue weighted by molar-refractivity contribution is 6.42. The number of Topliss-reactive ketones (excluding diaryl/α,β-unsaturated/α-hetero) is 1. The van der Waals surface area contributed by atoms with Crippen LogP contribution in [-0.2, 0) is 14.3 Å². The number of hydrogen-bond acceptors (Lipinski definition) is 4. The molecule has 0 unspecified atom stereocenters. The predicted molar refractivity (Wildman–Crippen MR) is 107 cm³/mol. The van der Waals surface area contributed by atoms with Gasteiger partial charge in [-0.3, -0.25) is 4.79 Å². The van der Waals surface area contributed by atoms with Crippen molar-refractivity contribution in [3.05, 3.63) is 56.3 Å². The fourth-order valence-corrected chi connectivity index (χ4v) is 3.97. The molecule has 0 saturated heterocycles. The SMILES string of the molecule is CCCCOC(=O)C1=C(C)NC2=C(C(=O)CCC2)[C@H]1c1ccc(Cl)c(Cl)c1. The molecule has 1 atom stereocenters. The molecule has 0 radical (unpaired) electrons. The second-order valence-electron chi connectivity index (χ2n) is 6.93. The van der Waals surface area contributed by atoms with E-state index in [9.17, 15) is 9.59 Å². The Morgan fingerprint density at radius 1 is 1.26 bits per heavy atom. The van der Waals surface area contributed by atoms with Crippen LogP contribution in [-0.4, -0.2) is 18.4 Å². The largest absolute Gasteiger partial charge is 0.462 e. The van der Waals surface area contributed by atoms with E-state index >= 15 is 0 Å². The fourth-order valence-electron chi connectivity index (χ4n) is 3.67. The zero-order valence-corrected chi connectivity index (χ0v) is 17.0. The van der Waals surface area contributed by atoms with Crippen molar-refractivity contribution in [3.63, 3.8) is 0 Å². The Bertz CT molecular complexity index is 842. The van der Waals surface area contributed by atoms with Gasteiger partial charge in [-0.05, 0) is 43.9 Å². The highest BCUT2D eigenvalue weighted by Gasteiger charge is 2.39. The minimum atomic E-state index is -0.488. The molecule has 1 aromatic rings. The number of ketones is 1. The topological polar surface area (TPSA) is 55.4 Å². The number of nitrogens with one attached hydrogen (secondary N) is 1. The highest BCUT2D eigenvalue weighted by Crippen LogP contribution is 2.43. The summed E-state index contributed by atoms with van der Waals surface area (Å²) in [6, 6.07) is 5.26. The summed E-state index contributed by atoms with van der Waals surface area (Å²) in [6.07, 6.45) is 3.82. The third-order valence-electron chi connectivity index (χ3n) is 5.00. The van der Waals surface area contributed by atoms with Crippen LogP contribution in [0.2, 0.25) is 10.0 Å². The molecule has 2 aliphatic rings. The van der Waals surface area contributed by atoms with Gasteiger partial charge in [0.25, 0.3) is 0 Å². The Morgan fingerprint density at radius 3 is 2.74 bits per heavy atom. The van der Waals surface area contributed by atoms with Crippen LogP contribution in [0.25, 0.3) is 0 Å². The third-order valence-corrected chi connectivity index (χ3v) is 5.74. The lowest BCUT2D eigenvalue weighted by Gasteiger charge is -2.34. The van der Waals surface area contributed by atoms with Crippen molar-refractivity contribution in [2.24, 2.45) is 0 Å². The van der Waals surface area contributed by atoms with Crippen molar-refractivity contribution < 1.29 is 14.3 Å². The van der Waals surface area contributed by atoms with Gasteiger partial charge in [0.05, 0.1) is 22.2 Å². The zero-order valence-electron chi connectivity index (χ0n) is 15.5. The van der Waals surface area contributed by atoms with Gasteiger partial charge in [0.1, 0.15) is 0 Å². The number of benzene rings is 1.